The van der Waals surface area contributed by atoms with Gasteiger partial charge in [-0.2, -0.15) is 0 Å². The topological polar surface area (TPSA) is 15.8 Å². The standard InChI is InChI=1S/C48H29N/c1-2-12-32-29(11-1)21-25-42-44-28-31(23-26-45(44)49-48(32)42)47-40-19-9-7-17-38(40)46(39-18-8-10-20-41(39)47)30-22-24-37-35-15-4-3-13-33(35)34-14-5-6-16-36(34)43(37)27-30/h1-28,49H. The number of H-pyrrole nitrogens is 1. The summed E-state index contributed by atoms with van der Waals surface area (Å²) in [4.78, 5) is 3.74. The van der Waals surface area contributed by atoms with Gasteiger partial charge in [0, 0.05) is 21.7 Å². The molecular weight excluding hydrogens is 591 g/mol. The number of aromatic nitrogens is 1. The molecule has 49 heavy (non-hydrogen) atoms. The van der Waals surface area contributed by atoms with E-state index in [0.29, 0.717) is 0 Å². The lowest BCUT2D eigenvalue weighted by atomic mass is 9.84. The average molecular weight is 620 g/mol. The highest BCUT2D eigenvalue weighted by molar-refractivity contribution is 6.27. The maximum atomic E-state index is 3.74. The molecule has 0 bridgehead atoms. The van der Waals surface area contributed by atoms with Gasteiger partial charge in [0.25, 0.3) is 0 Å². The van der Waals surface area contributed by atoms with E-state index in [1.165, 1.54) is 103 Å². The van der Waals surface area contributed by atoms with Gasteiger partial charge in [-0.3, -0.25) is 0 Å². The Morgan fingerprint density at radius 1 is 0.265 bits per heavy atom. The van der Waals surface area contributed by atoms with E-state index in [4.69, 9.17) is 0 Å². The first-order valence-corrected chi connectivity index (χ1v) is 17.0. The maximum Gasteiger partial charge on any atom is 0.0544 e. The fraction of sp³-hybridized carbons (Fsp3) is 0. The van der Waals surface area contributed by atoms with E-state index in [9.17, 15) is 0 Å². The summed E-state index contributed by atoms with van der Waals surface area (Å²) in [6, 6.07) is 62.8. The molecule has 0 aliphatic rings. The van der Waals surface area contributed by atoms with Crippen molar-refractivity contribution in [2.45, 2.75) is 0 Å². The van der Waals surface area contributed by atoms with Gasteiger partial charge in [-0.05, 0) is 99.7 Å². The second-order valence-electron chi connectivity index (χ2n) is 13.3. The number of hydrogen-bond acceptors (Lipinski definition) is 0. The highest BCUT2D eigenvalue weighted by Gasteiger charge is 2.19. The molecule has 11 aromatic rings. The van der Waals surface area contributed by atoms with Crippen molar-refractivity contribution in [3.63, 3.8) is 0 Å². The molecule has 1 nitrogen and oxygen atoms in total. The zero-order valence-electron chi connectivity index (χ0n) is 26.7. The zero-order chi connectivity index (χ0) is 32.1. The van der Waals surface area contributed by atoms with Crippen LogP contribution in [-0.4, -0.2) is 4.98 Å². The van der Waals surface area contributed by atoms with Crippen LogP contribution in [0.25, 0.3) is 109 Å². The van der Waals surface area contributed by atoms with Gasteiger partial charge >= 0.3 is 0 Å². The van der Waals surface area contributed by atoms with E-state index < -0.39 is 0 Å². The number of rotatable bonds is 2. The lowest BCUT2D eigenvalue weighted by Crippen LogP contribution is -1.91. The van der Waals surface area contributed by atoms with Crippen molar-refractivity contribution >= 4 is 86.4 Å². The van der Waals surface area contributed by atoms with E-state index in [1.807, 2.05) is 0 Å². The predicted octanol–water partition coefficient (Wildman–Crippen LogP) is 13.6. The second-order valence-corrected chi connectivity index (χ2v) is 13.3. The molecule has 0 amide bonds. The van der Waals surface area contributed by atoms with Crippen LogP contribution < -0.4 is 0 Å². The third-order valence-corrected chi connectivity index (χ3v) is 10.8. The van der Waals surface area contributed by atoms with E-state index in [1.54, 1.807) is 0 Å². The summed E-state index contributed by atoms with van der Waals surface area (Å²) in [5.41, 5.74) is 7.41. The third-order valence-electron chi connectivity index (χ3n) is 10.8. The van der Waals surface area contributed by atoms with Crippen LogP contribution in [0.5, 0.6) is 0 Å². The Labute approximate surface area is 282 Å². The van der Waals surface area contributed by atoms with Gasteiger partial charge in [-0.15, -0.1) is 0 Å². The largest absolute Gasteiger partial charge is 0.354 e. The average Bonchev–Trinajstić information content (AvgIpc) is 3.55. The van der Waals surface area contributed by atoms with Gasteiger partial charge in [0.1, 0.15) is 0 Å². The Hall–Kier alpha value is -6.44. The molecule has 1 N–H and O–H groups in total. The molecule has 0 radical (unpaired) electrons. The zero-order valence-corrected chi connectivity index (χ0v) is 26.7. The Morgan fingerprint density at radius 2 is 0.673 bits per heavy atom. The molecular formula is C48H29N. The normalized spacial score (nSPS) is 12.1. The van der Waals surface area contributed by atoms with Gasteiger partial charge in [0.05, 0.1) is 5.52 Å². The van der Waals surface area contributed by atoms with Crippen molar-refractivity contribution < 1.29 is 0 Å². The van der Waals surface area contributed by atoms with Crippen molar-refractivity contribution in [3.8, 4) is 22.3 Å². The quantitative estimate of drug-likeness (QED) is 0.146. The molecule has 0 saturated heterocycles. The van der Waals surface area contributed by atoms with Gasteiger partial charge in [-0.1, -0.05) is 152 Å². The van der Waals surface area contributed by atoms with Crippen LogP contribution in [0.1, 0.15) is 0 Å². The molecule has 0 spiro atoms. The van der Waals surface area contributed by atoms with Crippen LogP contribution in [0.15, 0.2) is 170 Å². The summed E-state index contributed by atoms with van der Waals surface area (Å²) in [5, 5.41) is 17.9. The van der Waals surface area contributed by atoms with Crippen molar-refractivity contribution in [3.05, 3.63) is 170 Å². The second kappa shape index (κ2) is 10.0. The number of aromatic amines is 1. The monoisotopic (exact) mass is 619 g/mol. The van der Waals surface area contributed by atoms with Crippen LogP contribution in [0, 0.1) is 0 Å². The first-order chi connectivity index (χ1) is 24.3. The summed E-state index contributed by atoms with van der Waals surface area (Å²) in [5.74, 6) is 0. The minimum atomic E-state index is 1.16. The van der Waals surface area contributed by atoms with Crippen LogP contribution in [0.4, 0.5) is 0 Å². The van der Waals surface area contributed by atoms with Crippen LogP contribution in [0.3, 0.4) is 0 Å². The molecule has 11 rings (SSSR count). The predicted molar refractivity (Wildman–Crippen MR) is 212 cm³/mol. The SMILES string of the molecule is c1ccc2c(c1)ccc1c3cc(-c4c5ccccc5c(-c5ccc6c7ccccc7c7ccccc7c6c5)c5ccccc45)ccc3[nH]c21. The fourth-order valence-electron chi connectivity index (χ4n) is 8.61. The van der Waals surface area contributed by atoms with Crippen molar-refractivity contribution in [1.82, 2.24) is 4.98 Å². The number of benzene rings is 10. The lowest BCUT2D eigenvalue weighted by Gasteiger charge is -2.19. The number of hydrogen-bond donors (Lipinski definition) is 1. The summed E-state index contributed by atoms with van der Waals surface area (Å²) in [6.07, 6.45) is 0. The van der Waals surface area contributed by atoms with Crippen molar-refractivity contribution in [2.24, 2.45) is 0 Å². The molecule has 0 aliphatic carbocycles. The Bertz CT molecular complexity index is 3070. The van der Waals surface area contributed by atoms with E-state index in [-0.39, 0.29) is 0 Å². The van der Waals surface area contributed by atoms with Gasteiger partial charge in [0.15, 0.2) is 0 Å². The highest BCUT2D eigenvalue weighted by Crippen LogP contribution is 2.46. The highest BCUT2D eigenvalue weighted by atomic mass is 14.7. The first kappa shape index (κ1) is 26.6. The molecule has 226 valence electrons. The van der Waals surface area contributed by atoms with Crippen LogP contribution in [-0.2, 0) is 0 Å². The van der Waals surface area contributed by atoms with Crippen LogP contribution in [0.2, 0.25) is 0 Å². The van der Waals surface area contributed by atoms with Crippen molar-refractivity contribution in [1.29, 1.82) is 0 Å². The van der Waals surface area contributed by atoms with Gasteiger partial charge in [0.2, 0.25) is 0 Å². The summed E-state index contributed by atoms with van der Waals surface area (Å²) >= 11 is 0. The molecule has 0 saturated carbocycles. The summed E-state index contributed by atoms with van der Waals surface area (Å²) in [6.45, 7) is 0. The molecule has 1 heterocycles. The van der Waals surface area contributed by atoms with E-state index in [0.717, 1.165) is 5.52 Å². The smallest absolute Gasteiger partial charge is 0.0544 e. The van der Waals surface area contributed by atoms with Gasteiger partial charge < -0.3 is 4.98 Å². The molecule has 0 atom stereocenters. The first-order valence-electron chi connectivity index (χ1n) is 17.0. The Morgan fingerprint density at radius 3 is 1.24 bits per heavy atom. The maximum absolute atomic E-state index is 3.74. The van der Waals surface area contributed by atoms with E-state index in [2.05, 4.69) is 175 Å². The van der Waals surface area contributed by atoms with Crippen LogP contribution >= 0.6 is 0 Å². The number of fused-ring (bicyclic) bond motifs is 13. The summed E-state index contributed by atoms with van der Waals surface area (Å²) < 4.78 is 0. The molecule has 0 unspecified atom stereocenters. The molecule has 0 fully saturated rings. The minimum absolute atomic E-state index is 1.16. The third kappa shape index (κ3) is 3.76. The molecule has 1 heteroatoms. The molecule has 0 aliphatic heterocycles. The molecule has 1 aromatic heterocycles. The van der Waals surface area contributed by atoms with E-state index >= 15 is 0 Å². The van der Waals surface area contributed by atoms with Crippen molar-refractivity contribution in [2.75, 3.05) is 0 Å². The fourth-order valence-corrected chi connectivity index (χ4v) is 8.61. The lowest BCUT2D eigenvalue weighted by molar-refractivity contribution is 1.56. The Balaban J connectivity index is 1.21. The summed E-state index contributed by atoms with van der Waals surface area (Å²) in [7, 11) is 0. The minimum Gasteiger partial charge on any atom is -0.354 e. The van der Waals surface area contributed by atoms with Gasteiger partial charge in [-0.25, -0.2) is 0 Å². The number of nitrogens with one attached hydrogen (secondary N) is 1. The molecule has 10 aromatic carbocycles. The Kier molecular flexibility index (Phi) is 5.45.